The molecule has 1 saturated carbocycles. The summed E-state index contributed by atoms with van der Waals surface area (Å²) < 4.78 is 0. The third-order valence-electron chi connectivity index (χ3n) is 6.21. The predicted molar refractivity (Wildman–Crippen MR) is 118 cm³/mol. The Morgan fingerprint density at radius 3 is 2.37 bits per heavy atom. The molecule has 1 heterocycles. The molecule has 1 aromatic carbocycles. The number of benzene rings is 1. The van der Waals surface area contributed by atoms with Crippen molar-refractivity contribution in [3.05, 3.63) is 24.3 Å². The van der Waals surface area contributed by atoms with E-state index in [1.807, 2.05) is 24.3 Å². The van der Waals surface area contributed by atoms with E-state index in [0.717, 1.165) is 30.1 Å². The molecule has 1 aliphatic carbocycles. The van der Waals surface area contributed by atoms with E-state index in [2.05, 4.69) is 50.2 Å². The summed E-state index contributed by atoms with van der Waals surface area (Å²) in [7, 11) is 0. The molecule has 30 heavy (non-hydrogen) atoms. The lowest BCUT2D eigenvalue weighted by Crippen LogP contribution is -2.54. The van der Waals surface area contributed by atoms with E-state index < -0.39 is 11.6 Å². The molecule has 0 aromatic heterocycles. The van der Waals surface area contributed by atoms with Gasteiger partial charge in [-0.05, 0) is 68.7 Å². The van der Waals surface area contributed by atoms with E-state index in [0.29, 0.717) is 24.4 Å². The Balaban J connectivity index is 1.65. The fraction of sp³-hybridized carbons (Fsp3) is 0.609. The van der Waals surface area contributed by atoms with E-state index in [1.54, 1.807) is 0 Å². The summed E-state index contributed by atoms with van der Waals surface area (Å²) in [5, 5.41) is 5.71. The number of rotatable bonds is 6. The molecule has 2 N–H and O–H groups in total. The number of nitrogens with zero attached hydrogens (tertiary/aromatic N) is 2. The molecule has 2 unspecified atom stereocenters. The van der Waals surface area contributed by atoms with Crippen LogP contribution in [-0.4, -0.2) is 47.9 Å². The van der Waals surface area contributed by atoms with E-state index in [4.69, 9.17) is 0 Å². The Labute approximate surface area is 179 Å². The van der Waals surface area contributed by atoms with Crippen molar-refractivity contribution < 1.29 is 14.4 Å². The zero-order chi connectivity index (χ0) is 22.1. The van der Waals surface area contributed by atoms with Crippen molar-refractivity contribution in [2.24, 2.45) is 11.3 Å². The maximum absolute atomic E-state index is 13.2. The first-order valence-corrected chi connectivity index (χ1v) is 10.9. The minimum Gasteiger partial charge on any atom is -0.372 e. The summed E-state index contributed by atoms with van der Waals surface area (Å²) in [5.74, 6) is -0.329. The molecule has 3 rings (SSSR count). The second-order valence-corrected chi connectivity index (χ2v) is 9.53. The molecule has 4 amide bonds. The van der Waals surface area contributed by atoms with Gasteiger partial charge in [0.25, 0.3) is 5.91 Å². The molecule has 0 radical (unpaired) electrons. The molecular weight excluding hydrogens is 380 g/mol. The van der Waals surface area contributed by atoms with Gasteiger partial charge in [-0.15, -0.1) is 0 Å². The topological polar surface area (TPSA) is 81.8 Å². The van der Waals surface area contributed by atoms with Gasteiger partial charge in [0.2, 0.25) is 5.91 Å². The van der Waals surface area contributed by atoms with Crippen LogP contribution in [0.15, 0.2) is 24.3 Å². The van der Waals surface area contributed by atoms with Gasteiger partial charge >= 0.3 is 6.03 Å². The average Bonchev–Trinajstić information content (AvgIpc) is 2.85. The summed E-state index contributed by atoms with van der Waals surface area (Å²) in [6.45, 7) is 12.1. The number of hydrogen-bond acceptors (Lipinski definition) is 4. The molecule has 1 spiro atoms. The molecule has 1 aliphatic heterocycles. The Morgan fingerprint density at radius 1 is 1.17 bits per heavy atom. The van der Waals surface area contributed by atoms with Gasteiger partial charge in [-0.2, -0.15) is 0 Å². The van der Waals surface area contributed by atoms with Crippen molar-refractivity contribution in [3.8, 4) is 0 Å². The molecule has 0 bridgehead atoms. The molecule has 2 atom stereocenters. The highest BCUT2D eigenvalue weighted by atomic mass is 16.2. The molecule has 1 aromatic rings. The van der Waals surface area contributed by atoms with Crippen LogP contribution in [0.2, 0.25) is 0 Å². The van der Waals surface area contributed by atoms with Gasteiger partial charge in [0.15, 0.2) is 0 Å². The highest BCUT2D eigenvalue weighted by Crippen LogP contribution is 2.46. The summed E-state index contributed by atoms with van der Waals surface area (Å²) in [6, 6.07) is 7.11. The smallest absolute Gasteiger partial charge is 0.325 e. The Bertz CT molecular complexity index is 816. The van der Waals surface area contributed by atoms with Gasteiger partial charge in [-0.25, -0.2) is 4.79 Å². The third kappa shape index (κ3) is 4.45. The van der Waals surface area contributed by atoms with E-state index in [9.17, 15) is 14.4 Å². The zero-order valence-electron chi connectivity index (χ0n) is 18.7. The molecule has 7 heteroatoms. The number of anilines is 2. The maximum Gasteiger partial charge on any atom is 0.325 e. The second-order valence-electron chi connectivity index (χ2n) is 9.53. The normalized spacial score (nSPS) is 25.4. The molecule has 2 fully saturated rings. The summed E-state index contributed by atoms with van der Waals surface area (Å²) >= 11 is 0. The summed E-state index contributed by atoms with van der Waals surface area (Å²) in [5.41, 5.74) is 0.809. The average molecular weight is 415 g/mol. The van der Waals surface area contributed by atoms with Gasteiger partial charge in [0, 0.05) is 24.5 Å². The minimum atomic E-state index is -0.885. The molecule has 7 nitrogen and oxygen atoms in total. The fourth-order valence-corrected chi connectivity index (χ4v) is 5.34. The van der Waals surface area contributed by atoms with E-state index >= 15 is 0 Å². The molecule has 164 valence electrons. The van der Waals surface area contributed by atoms with Crippen molar-refractivity contribution in [3.63, 3.8) is 0 Å². The lowest BCUT2D eigenvalue weighted by molar-refractivity contribution is -0.136. The largest absolute Gasteiger partial charge is 0.372 e. The van der Waals surface area contributed by atoms with Crippen molar-refractivity contribution in [1.29, 1.82) is 0 Å². The van der Waals surface area contributed by atoms with Gasteiger partial charge in [0.1, 0.15) is 12.1 Å². The van der Waals surface area contributed by atoms with Crippen molar-refractivity contribution in [2.75, 3.05) is 29.9 Å². The van der Waals surface area contributed by atoms with Gasteiger partial charge in [-0.1, -0.05) is 20.8 Å². The Morgan fingerprint density at radius 2 is 1.80 bits per heavy atom. The van der Waals surface area contributed by atoms with Crippen molar-refractivity contribution in [2.45, 2.75) is 59.4 Å². The maximum atomic E-state index is 13.2. The van der Waals surface area contributed by atoms with Crippen molar-refractivity contribution in [1.82, 2.24) is 10.2 Å². The van der Waals surface area contributed by atoms with Gasteiger partial charge in [-0.3, -0.25) is 14.5 Å². The van der Waals surface area contributed by atoms with Crippen LogP contribution in [0, 0.1) is 11.3 Å². The predicted octanol–water partition coefficient (Wildman–Crippen LogP) is 3.61. The number of urea groups is 1. The second kappa shape index (κ2) is 8.28. The highest BCUT2D eigenvalue weighted by Gasteiger charge is 2.56. The molecule has 2 aliphatic rings. The highest BCUT2D eigenvalue weighted by molar-refractivity contribution is 6.10. The first-order chi connectivity index (χ1) is 14.1. The van der Waals surface area contributed by atoms with Crippen molar-refractivity contribution >= 4 is 29.2 Å². The first kappa shape index (κ1) is 22.1. The van der Waals surface area contributed by atoms with Crippen LogP contribution < -0.4 is 15.5 Å². The molecule has 1 saturated heterocycles. The van der Waals surface area contributed by atoms with Crippen LogP contribution >= 0.6 is 0 Å². The quantitative estimate of drug-likeness (QED) is 0.697. The summed E-state index contributed by atoms with van der Waals surface area (Å²) in [4.78, 5) is 41.5. The number of hydrogen-bond donors (Lipinski definition) is 2. The van der Waals surface area contributed by atoms with Gasteiger partial charge in [0.05, 0.1) is 0 Å². The lowest BCUT2D eigenvalue weighted by Gasteiger charge is -2.43. The SMILES string of the molecule is CCN(CC)c1ccc(NC(=O)CN2C(=O)NC3(CC(C)CC(C)(C)C3)C2=O)cc1. The zero-order valence-corrected chi connectivity index (χ0v) is 18.7. The standard InChI is InChI=1S/C23H34N4O3/c1-6-26(7-2)18-10-8-17(9-11-18)24-19(28)14-27-20(29)23(25-21(27)30)13-16(3)12-22(4,5)15-23/h8-11,16H,6-7,12-15H2,1-5H3,(H,24,28)(H,25,30). The first-order valence-electron chi connectivity index (χ1n) is 10.9. The monoisotopic (exact) mass is 414 g/mol. The van der Waals surface area contributed by atoms with Crippen LogP contribution in [0.1, 0.15) is 53.9 Å². The lowest BCUT2D eigenvalue weighted by atomic mass is 9.64. The van der Waals surface area contributed by atoms with Crippen LogP contribution in [0.5, 0.6) is 0 Å². The van der Waals surface area contributed by atoms with Gasteiger partial charge < -0.3 is 15.5 Å². The Hall–Kier alpha value is -2.57. The number of nitrogens with one attached hydrogen (secondary N) is 2. The van der Waals surface area contributed by atoms with Crippen LogP contribution in [0.4, 0.5) is 16.2 Å². The molecular formula is C23H34N4O3. The number of carbonyl (C=O) groups excluding carboxylic acids is 3. The third-order valence-corrected chi connectivity index (χ3v) is 6.21. The number of imide groups is 1. The van der Waals surface area contributed by atoms with Crippen LogP contribution in [0.25, 0.3) is 0 Å². The van der Waals surface area contributed by atoms with Crippen LogP contribution in [-0.2, 0) is 9.59 Å². The Kier molecular flexibility index (Phi) is 6.11. The van der Waals surface area contributed by atoms with E-state index in [1.165, 1.54) is 0 Å². The fourth-order valence-electron chi connectivity index (χ4n) is 5.34. The number of amides is 4. The summed E-state index contributed by atoms with van der Waals surface area (Å²) in [6.07, 6.45) is 2.23. The van der Waals surface area contributed by atoms with Crippen LogP contribution in [0.3, 0.4) is 0 Å². The minimum absolute atomic E-state index is 0.0362. The number of carbonyl (C=O) groups is 3. The van der Waals surface area contributed by atoms with E-state index in [-0.39, 0.29) is 23.8 Å².